The summed E-state index contributed by atoms with van der Waals surface area (Å²) in [4.78, 5) is 5.08. The van der Waals surface area contributed by atoms with E-state index in [1.807, 2.05) is 7.05 Å². The van der Waals surface area contributed by atoms with Crippen LogP contribution in [-0.2, 0) is 0 Å². The molecule has 0 amide bonds. The zero-order chi connectivity index (χ0) is 16.7. The zero-order valence-electron chi connectivity index (χ0n) is 15.3. The fourth-order valence-corrected chi connectivity index (χ4v) is 2.94. The third-order valence-corrected chi connectivity index (χ3v) is 4.41. The van der Waals surface area contributed by atoms with Gasteiger partial charge in [-0.05, 0) is 30.9 Å². The minimum atomic E-state index is 0.922. The molecule has 1 saturated carbocycles. The molecule has 1 aliphatic heterocycles. The summed E-state index contributed by atoms with van der Waals surface area (Å²) >= 11 is 0. The molecule has 1 aromatic carbocycles. The molecule has 1 N–H and O–H groups in total. The van der Waals surface area contributed by atoms with E-state index in [0.29, 0.717) is 0 Å². The van der Waals surface area contributed by atoms with E-state index in [9.17, 15) is 0 Å². The number of rotatable bonds is 5. The van der Waals surface area contributed by atoms with Crippen LogP contribution in [0.4, 0.5) is 11.4 Å². The Bertz CT molecular complexity index is 466. The van der Waals surface area contributed by atoms with Gasteiger partial charge in [-0.25, -0.2) is 0 Å². The number of hydrogen-bond acceptors (Lipinski definition) is 4. The summed E-state index contributed by atoms with van der Waals surface area (Å²) in [5, 5.41) is 3.16. The Kier molecular flexibility index (Phi) is 7.03. The largest absolute Gasteiger partial charge is 0.495 e. The van der Waals surface area contributed by atoms with Crippen molar-refractivity contribution in [3.05, 3.63) is 18.2 Å². The van der Waals surface area contributed by atoms with Crippen LogP contribution in [0.15, 0.2) is 18.2 Å². The van der Waals surface area contributed by atoms with Crippen molar-refractivity contribution in [3.63, 3.8) is 0 Å². The van der Waals surface area contributed by atoms with Crippen molar-refractivity contribution in [1.29, 1.82) is 0 Å². The van der Waals surface area contributed by atoms with Gasteiger partial charge in [0.1, 0.15) is 5.75 Å². The molecule has 1 aliphatic carbocycles. The van der Waals surface area contributed by atoms with E-state index >= 15 is 0 Å². The lowest BCUT2D eigenvalue weighted by molar-refractivity contribution is 0.248. The summed E-state index contributed by atoms with van der Waals surface area (Å²) in [6.45, 7) is 10.2. The molecule has 1 aromatic rings. The van der Waals surface area contributed by atoms with Crippen molar-refractivity contribution in [3.8, 4) is 5.75 Å². The Morgan fingerprint density at radius 2 is 1.78 bits per heavy atom. The molecular weight excluding hydrogens is 286 g/mol. The molecule has 0 spiro atoms. The van der Waals surface area contributed by atoms with Crippen molar-refractivity contribution in [2.24, 2.45) is 5.92 Å². The van der Waals surface area contributed by atoms with Crippen LogP contribution < -0.4 is 15.0 Å². The fraction of sp³-hybridized carbons (Fsp3) is 0.684. The Hall–Kier alpha value is -1.42. The summed E-state index contributed by atoms with van der Waals surface area (Å²) < 4.78 is 5.45. The first-order chi connectivity index (χ1) is 11.2. The predicted molar refractivity (Wildman–Crippen MR) is 99.9 cm³/mol. The normalized spacial score (nSPS) is 18.2. The van der Waals surface area contributed by atoms with Crippen molar-refractivity contribution >= 4 is 11.4 Å². The summed E-state index contributed by atoms with van der Waals surface area (Å²) in [6.07, 6.45) is 4.14. The van der Waals surface area contributed by atoms with Gasteiger partial charge in [0.2, 0.25) is 0 Å². The number of benzene rings is 1. The second kappa shape index (κ2) is 9.02. The molecule has 0 unspecified atom stereocenters. The highest BCUT2D eigenvalue weighted by molar-refractivity contribution is 5.64. The summed E-state index contributed by atoms with van der Waals surface area (Å²) in [6, 6.07) is 6.43. The number of nitrogens with zero attached hydrogens (tertiary/aromatic N) is 2. The van der Waals surface area contributed by atoms with E-state index in [0.717, 1.165) is 30.4 Å². The Balaban J connectivity index is 0.000000595. The lowest BCUT2D eigenvalue weighted by Gasteiger charge is -2.36. The number of methoxy groups -OCH3 is 1. The smallest absolute Gasteiger partial charge is 0.144 e. The Morgan fingerprint density at radius 3 is 2.30 bits per heavy atom. The zero-order valence-corrected chi connectivity index (χ0v) is 15.3. The second-order valence-electron chi connectivity index (χ2n) is 6.57. The first kappa shape index (κ1) is 17.9. The van der Waals surface area contributed by atoms with Gasteiger partial charge in [0.05, 0.1) is 12.8 Å². The van der Waals surface area contributed by atoms with E-state index in [1.54, 1.807) is 7.11 Å². The molecule has 1 saturated heterocycles. The third kappa shape index (κ3) is 5.31. The van der Waals surface area contributed by atoms with Gasteiger partial charge < -0.3 is 15.0 Å². The average molecular weight is 319 g/mol. The monoisotopic (exact) mass is 319 g/mol. The minimum absolute atomic E-state index is 0.922. The van der Waals surface area contributed by atoms with E-state index in [4.69, 9.17) is 4.74 Å². The second-order valence-corrected chi connectivity index (χ2v) is 6.57. The Morgan fingerprint density at radius 1 is 1.13 bits per heavy atom. The first-order valence-corrected chi connectivity index (χ1v) is 9.04. The van der Waals surface area contributed by atoms with Gasteiger partial charge in [-0.1, -0.05) is 20.3 Å². The summed E-state index contributed by atoms with van der Waals surface area (Å²) in [7, 11) is 3.65. The van der Waals surface area contributed by atoms with Crippen LogP contribution in [0.3, 0.4) is 0 Å². The number of piperazine rings is 1. The summed E-state index contributed by atoms with van der Waals surface area (Å²) in [5.41, 5.74) is 2.32. The van der Waals surface area contributed by atoms with Crippen LogP contribution in [0.25, 0.3) is 0 Å². The van der Waals surface area contributed by atoms with Gasteiger partial charge >= 0.3 is 0 Å². The van der Waals surface area contributed by atoms with Crippen molar-refractivity contribution in [2.45, 2.75) is 33.1 Å². The van der Waals surface area contributed by atoms with Gasteiger partial charge in [0.15, 0.2) is 0 Å². The number of anilines is 2. The molecule has 2 aliphatic rings. The highest BCUT2D eigenvalue weighted by Gasteiger charge is 2.26. The van der Waals surface area contributed by atoms with E-state index in [1.165, 1.54) is 44.6 Å². The minimum Gasteiger partial charge on any atom is -0.495 e. The molecule has 23 heavy (non-hydrogen) atoms. The highest BCUT2D eigenvalue weighted by Crippen LogP contribution is 2.32. The molecule has 4 heteroatoms. The first-order valence-electron chi connectivity index (χ1n) is 9.04. The molecule has 0 radical (unpaired) electrons. The molecular formula is C19H33N3O. The average Bonchev–Trinajstić information content (AvgIpc) is 3.39. The molecule has 0 bridgehead atoms. The molecule has 0 atom stereocenters. The molecule has 4 nitrogen and oxygen atoms in total. The van der Waals surface area contributed by atoms with Crippen LogP contribution in [0.5, 0.6) is 5.75 Å². The van der Waals surface area contributed by atoms with Gasteiger partial charge in [-0.3, -0.25) is 4.90 Å². The highest BCUT2D eigenvalue weighted by atomic mass is 16.5. The lowest BCUT2D eigenvalue weighted by Crippen LogP contribution is -2.47. The van der Waals surface area contributed by atoms with Crippen LogP contribution in [0, 0.1) is 5.92 Å². The van der Waals surface area contributed by atoms with Crippen LogP contribution in [-0.4, -0.2) is 51.8 Å². The third-order valence-electron chi connectivity index (χ3n) is 4.41. The maximum Gasteiger partial charge on any atom is 0.144 e. The predicted octanol–water partition coefficient (Wildman–Crippen LogP) is 3.69. The van der Waals surface area contributed by atoms with E-state index < -0.39 is 0 Å². The molecule has 2 fully saturated rings. The van der Waals surface area contributed by atoms with Crippen LogP contribution >= 0.6 is 0 Å². The van der Waals surface area contributed by atoms with Crippen LogP contribution in [0.2, 0.25) is 0 Å². The van der Waals surface area contributed by atoms with Crippen LogP contribution in [0.1, 0.15) is 33.1 Å². The molecule has 0 aromatic heterocycles. The van der Waals surface area contributed by atoms with Gasteiger partial charge in [-0.2, -0.15) is 0 Å². The molecule has 130 valence electrons. The molecule has 1 heterocycles. The molecule has 3 rings (SSSR count). The maximum absolute atomic E-state index is 5.45. The van der Waals surface area contributed by atoms with Crippen molar-refractivity contribution < 1.29 is 4.74 Å². The van der Waals surface area contributed by atoms with Gasteiger partial charge in [-0.15, -0.1) is 0 Å². The van der Waals surface area contributed by atoms with Gasteiger partial charge in [0, 0.05) is 51.5 Å². The lowest BCUT2D eigenvalue weighted by atomic mass is 10.2. The fourth-order valence-electron chi connectivity index (χ4n) is 2.94. The number of ether oxygens (including phenoxy) is 1. The SMILES string of the molecule is CCC.CNc1ccc(N2CCN(CC3CC3)CC2)cc1OC. The topological polar surface area (TPSA) is 27.7 Å². The standard InChI is InChI=1S/C16H25N3O.C3H8/c1-17-15-6-5-14(11-16(15)20-2)19-9-7-18(8-10-19)12-13-3-4-13;1-3-2/h5-6,11,13,17H,3-4,7-10,12H2,1-2H3;3H2,1-2H3. The number of nitrogens with one attached hydrogen (secondary N) is 1. The van der Waals surface area contributed by atoms with Crippen molar-refractivity contribution in [2.75, 3.05) is 57.1 Å². The summed E-state index contributed by atoms with van der Waals surface area (Å²) in [5.74, 6) is 1.92. The van der Waals surface area contributed by atoms with E-state index in [2.05, 4.69) is 47.2 Å². The number of hydrogen-bond donors (Lipinski definition) is 1. The quantitative estimate of drug-likeness (QED) is 0.896. The van der Waals surface area contributed by atoms with E-state index in [-0.39, 0.29) is 0 Å². The van der Waals surface area contributed by atoms with Crippen molar-refractivity contribution in [1.82, 2.24) is 4.90 Å². The maximum atomic E-state index is 5.45. The Labute approximate surface area is 141 Å². The van der Waals surface area contributed by atoms with Gasteiger partial charge in [0.25, 0.3) is 0 Å².